The number of hydrogen-bond acceptors (Lipinski definition) is 3. The molecule has 0 aliphatic rings. The van der Waals surface area contributed by atoms with Gasteiger partial charge in [-0.1, -0.05) is 23.7 Å². The summed E-state index contributed by atoms with van der Waals surface area (Å²) in [5.74, 6) is 0.802. The molecule has 102 valence electrons. The second kappa shape index (κ2) is 6.08. The third-order valence-electron chi connectivity index (χ3n) is 3.00. The Hall–Kier alpha value is -1.52. The number of nitrogens with zero attached hydrogens (tertiary/aromatic N) is 2. The minimum Gasteiger partial charge on any atom is -0.481 e. The summed E-state index contributed by atoms with van der Waals surface area (Å²) in [7, 11) is 3.54. The van der Waals surface area contributed by atoms with Crippen molar-refractivity contribution in [1.29, 1.82) is 0 Å². The van der Waals surface area contributed by atoms with E-state index in [9.17, 15) is 0 Å². The van der Waals surface area contributed by atoms with Crippen molar-refractivity contribution < 1.29 is 4.74 Å². The summed E-state index contributed by atoms with van der Waals surface area (Å²) in [6, 6.07) is 7.84. The van der Waals surface area contributed by atoms with E-state index >= 15 is 0 Å². The molecule has 4 nitrogen and oxygen atoms in total. The van der Waals surface area contributed by atoms with Crippen LogP contribution in [0.5, 0.6) is 5.88 Å². The molecular weight excluding hydrogens is 262 g/mol. The number of benzene rings is 1. The van der Waals surface area contributed by atoms with Crippen LogP contribution in [-0.2, 0) is 20.1 Å². The lowest BCUT2D eigenvalue weighted by atomic mass is 10.2. The first kappa shape index (κ1) is 13.9. The molecule has 0 aliphatic heterocycles. The number of hydrogen-bond donors (Lipinski definition) is 1. The average Bonchev–Trinajstić information content (AvgIpc) is 2.64. The Morgan fingerprint density at radius 2 is 2.16 bits per heavy atom. The Kier molecular flexibility index (Phi) is 4.45. The van der Waals surface area contributed by atoms with Gasteiger partial charge in [0.2, 0.25) is 5.88 Å². The van der Waals surface area contributed by atoms with Crippen molar-refractivity contribution in [3.8, 4) is 5.88 Å². The summed E-state index contributed by atoms with van der Waals surface area (Å²) in [6.45, 7) is 3.46. The van der Waals surface area contributed by atoms with Crippen molar-refractivity contribution in [2.24, 2.45) is 7.05 Å². The summed E-state index contributed by atoms with van der Waals surface area (Å²) < 4.78 is 7.11. The van der Waals surface area contributed by atoms with Gasteiger partial charge in [-0.15, -0.1) is 0 Å². The Labute approximate surface area is 118 Å². The molecule has 2 aromatic rings. The van der Waals surface area contributed by atoms with Gasteiger partial charge < -0.3 is 10.1 Å². The van der Waals surface area contributed by atoms with Crippen LogP contribution in [0.1, 0.15) is 16.8 Å². The van der Waals surface area contributed by atoms with Crippen LogP contribution in [0, 0.1) is 6.92 Å². The standard InChI is InChI=1S/C14H18ClN3O/c1-10-13(14(19-3)18(2)17-10)9-16-8-11-5-4-6-12(15)7-11/h4-7,16H,8-9H2,1-3H3. The van der Waals surface area contributed by atoms with Crippen LogP contribution >= 0.6 is 11.6 Å². The normalized spacial score (nSPS) is 10.7. The Morgan fingerprint density at radius 3 is 2.84 bits per heavy atom. The summed E-state index contributed by atoms with van der Waals surface area (Å²) in [6.07, 6.45) is 0. The van der Waals surface area contributed by atoms with Gasteiger partial charge in [0.05, 0.1) is 18.4 Å². The first-order valence-electron chi connectivity index (χ1n) is 6.13. The summed E-state index contributed by atoms with van der Waals surface area (Å²) in [5.41, 5.74) is 3.23. The summed E-state index contributed by atoms with van der Waals surface area (Å²) in [4.78, 5) is 0. The minimum absolute atomic E-state index is 0.718. The molecule has 0 amide bonds. The molecule has 0 unspecified atom stereocenters. The van der Waals surface area contributed by atoms with Gasteiger partial charge in [0, 0.05) is 25.2 Å². The molecule has 0 fully saturated rings. The van der Waals surface area contributed by atoms with Gasteiger partial charge in [0.1, 0.15) is 0 Å². The molecule has 1 aromatic heterocycles. The van der Waals surface area contributed by atoms with Crippen molar-refractivity contribution in [3.05, 3.63) is 46.1 Å². The number of ether oxygens (including phenoxy) is 1. The van der Waals surface area contributed by atoms with Crippen LogP contribution in [0.25, 0.3) is 0 Å². The molecule has 0 atom stereocenters. The molecule has 0 radical (unpaired) electrons. The predicted molar refractivity (Wildman–Crippen MR) is 76.5 cm³/mol. The van der Waals surface area contributed by atoms with Crippen molar-refractivity contribution in [1.82, 2.24) is 15.1 Å². The lowest BCUT2D eigenvalue weighted by Gasteiger charge is -2.07. The fourth-order valence-electron chi connectivity index (χ4n) is 2.12. The van der Waals surface area contributed by atoms with E-state index in [1.54, 1.807) is 11.8 Å². The van der Waals surface area contributed by atoms with E-state index < -0.39 is 0 Å². The van der Waals surface area contributed by atoms with E-state index in [1.807, 2.05) is 38.2 Å². The topological polar surface area (TPSA) is 39.1 Å². The van der Waals surface area contributed by atoms with Crippen LogP contribution in [0.15, 0.2) is 24.3 Å². The molecule has 19 heavy (non-hydrogen) atoms. The number of aryl methyl sites for hydroxylation is 2. The molecule has 2 rings (SSSR count). The largest absolute Gasteiger partial charge is 0.481 e. The van der Waals surface area contributed by atoms with Gasteiger partial charge in [-0.2, -0.15) is 5.10 Å². The van der Waals surface area contributed by atoms with Crippen LogP contribution in [0.3, 0.4) is 0 Å². The number of rotatable bonds is 5. The predicted octanol–water partition coefficient (Wildman–Crippen LogP) is 2.68. The zero-order valence-electron chi connectivity index (χ0n) is 11.4. The van der Waals surface area contributed by atoms with Crippen LogP contribution in [0.4, 0.5) is 0 Å². The third kappa shape index (κ3) is 3.28. The van der Waals surface area contributed by atoms with Crippen molar-refractivity contribution in [2.45, 2.75) is 20.0 Å². The van der Waals surface area contributed by atoms with Crippen LogP contribution in [-0.4, -0.2) is 16.9 Å². The molecular formula is C14H18ClN3O. The molecule has 5 heteroatoms. The molecule has 0 spiro atoms. The Bertz CT molecular complexity index is 566. The smallest absolute Gasteiger partial charge is 0.216 e. The monoisotopic (exact) mass is 279 g/mol. The van der Waals surface area contributed by atoms with Gasteiger partial charge in [-0.3, -0.25) is 0 Å². The van der Waals surface area contributed by atoms with Crippen LogP contribution in [0.2, 0.25) is 5.02 Å². The van der Waals surface area contributed by atoms with E-state index in [1.165, 1.54) is 0 Å². The first-order chi connectivity index (χ1) is 9.11. The highest BCUT2D eigenvalue weighted by atomic mass is 35.5. The molecule has 0 saturated carbocycles. The van der Waals surface area contributed by atoms with E-state index in [4.69, 9.17) is 16.3 Å². The van der Waals surface area contributed by atoms with E-state index in [0.717, 1.165) is 40.8 Å². The maximum absolute atomic E-state index is 5.96. The fourth-order valence-corrected chi connectivity index (χ4v) is 2.33. The SMILES string of the molecule is COc1c(CNCc2cccc(Cl)c2)c(C)nn1C. The van der Waals surface area contributed by atoms with Gasteiger partial charge in [0.25, 0.3) is 0 Å². The zero-order valence-corrected chi connectivity index (χ0v) is 12.2. The minimum atomic E-state index is 0.718. The molecule has 1 aromatic carbocycles. The number of aromatic nitrogens is 2. The second-order valence-electron chi connectivity index (χ2n) is 4.43. The zero-order chi connectivity index (χ0) is 13.8. The molecule has 0 bridgehead atoms. The number of halogens is 1. The molecule has 1 N–H and O–H groups in total. The van der Waals surface area contributed by atoms with Gasteiger partial charge in [0.15, 0.2) is 0 Å². The van der Waals surface area contributed by atoms with Gasteiger partial charge in [-0.05, 0) is 24.6 Å². The average molecular weight is 280 g/mol. The van der Waals surface area contributed by atoms with Gasteiger partial charge in [-0.25, -0.2) is 4.68 Å². The quantitative estimate of drug-likeness (QED) is 0.915. The lowest BCUT2D eigenvalue weighted by molar-refractivity contribution is 0.368. The van der Waals surface area contributed by atoms with Crippen molar-refractivity contribution in [2.75, 3.05) is 7.11 Å². The number of nitrogens with one attached hydrogen (secondary N) is 1. The number of methoxy groups -OCH3 is 1. The molecule has 0 aliphatic carbocycles. The third-order valence-corrected chi connectivity index (χ3v) is 3.24. The first-order valence-corrected chi connectivity index (χ1v) is 6.51. The summed E-state index contributed by atoms with van der Waals surface area (Å²) >= 11 is 5.96. The second-order valence-corrected chi connectivity index (χ2v) is 4.87. The molecule has 1 heterocycles. The highest BCUT2D eigenvalue weighted by Gasteiger charge is 2.12. The fraction of sp³-hybridized carbons (Fsp3) is 0.357. The highest BCUT2D eigenvalue weighted by Crippen LogP contribution is 2.20. The highest BCUT2D eigenvalue weighted by molar-refractivity contribution is 6.30. The Morgan fingerprint density at radius 1 is 1.37 bits per heavy atom. The maximum atomic E-state index is 5.96. The van der Waals surface area contributed by atoms with Gasteiger partial charge >= 0.3 is 0 Å². The van der Waals surface area contributed by atoms with E-state index in [-0.39, 0.29) is 0 Å². The van der Waals surface area contributed by atoms with Crippen LogP contribution < -0.4 is 10.1 Å². The maximum Gasteiger partial charge on any atom is 0.216 e. The van der Waals surface area contributed by atoms with Crippen molar-refractivity contribution >= 4 is 11.6 Å². The van der Waals surface area contributed by atoms with Crippen molar-refractivity contribution in [3.63, 3.8) is 0 Å². The molecule has 0 saturated heterocycles. The Balaban J connectivity index is 2.00. The lowest BCUT2D eigenvalue weighted by Crippen LogP contribution is -2.13. The van der Waals surface area contributed by atoms with E-state index in [0.29, 0.717) is 0 Å². The summed E-state index contributed by atoms with van der Waals surface area (Å²) in [5, 5.41) is 8.49. The van der Waals surface area contributed by atoms with E-state index in [2.05, 4.69) is 10.4 Å².